The van der Waals surface area contributed by atoms with Crippen molar-refractivity contribution in [1.29, 1.82) is 0 Å². The summed E-state index contributed by atoms with van der Waals surface area (Å²) in [4.78, 5) is 14.2. The van der Waals surface area contributed by atoms with Gasteiger partial charge in [0, 0.05) is 11.6 Å². The summed E-state index contributed by atoms with van der Waals surface area (Å²) in [6.45, 7) is 3.90. The maximum atomic E-state index is 13.6. The van der Waals surface area contributed by atoms with Crippen molar-refractivity contribution in [2.45, 2.75) is 31.3 Å². The lowest BCUT2D eigenvalue weighted by Crippen LogP contribution is -2.30. The molecule has 0 saturated heterocycles. The third-order valence-electron chi connectivity index (χ3n) is 5.54. The molecule has 0 aliphatic carbocycles. The van der Waals surface area contributed by atoms with Crippen molar-refractivity contribution >= 4 is 27.3 Å². The fourth-order valence-corrected chi connectivity index (χ4v) is 5.55. The molecule has 1 aliphatic heterocycles. The van der Waals surface area contributed by atoms with Gasteiger partial charge in [-0.1, -0.05) is 71.3 Å². The van der Waals surface area contributed by atoms with E-state index in [2.05, 4.69) is 0 Å². The molecule has 0 aromatic heterocycles. The van der Waals surface area contributed by atoms with E-state index in [9.17, 15) is 18.3 Å². The Kier molecular flexibility index (Phi) is 5.84. The van der Waals surface area contributed by atoms with Gasteiger partial charge in [0.25, 0.3) is 5.91 Å². The molecule has 1 heterocycles. The van der Waals surface area contributed by atoms with E-state index in [1.165, 1.54) is 17.0 Å². The molecule has 1 N–H and O–H groups in total. The van der Waals surface area contributed by atoms with Gasteiger partial charge in [-0.3, -0.25) is 4.79 Å². The number of aliphatic hydroxyl groups excluding tert-OH is 1. The maximum Gasteiger partial charge on any atom is 0.290 e. The molecule has 0 spiro atoms. The van der Waals surface area contributed by atoms with Gasteiger partial charge in [0.05, 0.1) is 10.9 Å². The minimum atomic E-state index is -4.13. The van der Waals surface area contributed by atoms with Crippen LogP contribution in [0.25, 0.3) is 0 Å². The number of carbonyl (C=O) groups is 1. The van der Waals surface area contributed by atoms with Gasteiger partial charge in [-0.15, -0.1) is 0 Å². The average molecular weight is 468 g/mol. The van der Waals surface area contributed by atoms with Crippen LogP contribution >= 0.6 is 11.6 Å². The molecule has 164 valence electrons. The lowest BCUT2D eigenvalue weighted by molar-refractivity contribution is -0.130. The Balaban J connectivity index is 1.84. The molecule has 0 radical (unpaired) electrons. The second kappa shape index (κ2) is 8.45. The molecule has 1 amide bonds. The van der Waals surface area contributed by atoms with E-state index >= 15 is 0 Å². The lowest BCUT2D eigenvalue weighted by atomic mass is 10.0. The minimum Gasteiger partial charge on any atom is -0.502 e. The second-order valence-corrected chi connectivity index (χ2v) is 10.3. The number of nitrogens with zero attached hydrogens (tertiary/aromatic N) is 1. The van der Waals surface area contributed by atoms with Crippen molar-refractivity contribution in [1.82, 2.24) is 4.90 Å². The smallest absolute Gasteiger partial charge is 0.290 e. The number of benzene rings is 3. The highest BCUT2D eigenvalue weighted by Gasteiger charge is 2.46. The molecule has 3 aromatic rings. The summed E-state index contributed by atoms with van der Waals surface area (Å²) in [6, 6.07) is 19.6. The molecule has 3 aromatic carbocycles. The molecule has 1 aliphatic rings. The monoisotopic (exact) mass is 467 g/mol. The molecule has 32 heavy (non-hydrogen) atoms. The van der Waals surface area contributed by atoms with E-state index in [1.807, 2.05) is 26.0 Å². The molecule has 0 fully saturated rings. The third-order valence-corrected chi connectivity index (χ3v) is 7.68. The van der Waals surface area contributed by atoms with Gasteiger partial charge >= 0.3 is 0 Å². The van der Waals surface area contributed by atoms with Crippen molar-refractivity contribution in [3.8, 4) is 0 Å². The summed E-state index contributed by atoms with van der Waals surface area (Å²) in [7, 11) is -4.13. The first kappa shape index (κ1) is 22.1. The van der Waals surface area contributed by atoms with E-state index in [0.29, 0.717) is 10.6 Å². The second-order valence-electron chi connectivity index (χ2n) is 7.90. The summed E-state index contributed by atoms with van der Waals surface area (Å²) < 4.78 is 27.2. The van der Waals surface area contributed by atoms with Gasteiger partial charge in [-0.2, -0.15) is 0 Å². The number of aliphatic hydroxyl groups is 1. The molecule has 0 saturated carbocycles. The molecular weight excluding hydrogens is 446 g/mol. The molecule has 7 heteroatoms. The maximum absolute atomic E-state index is 13.6. The molecule has 1 atom stereocenters. The predicted octanol–water partition coefficient (Wildman–Crippen LogP) is 5.28. The fourth-order valence-electron chi connectivity index (χ4n) is 3.78. The standard InChI is InChI=1S/C25H22ClNO4S/c1-16-3-9-19(10-4-16)22-24(32(30,31)21-13-5-17(2)6-14-21)23(28)25(29)27(22)15-18-7-11-20(26)12-8-18/h3-14,22,28H,15H2,1-2H3. The Labute approximate surface area is 192 Å². The van der Waals surface area contributed by atoms with Crippen molar-refractivity contribution in [3.63, 3.8) is 0 Å². The van der Waals surface area contributed by atoms with E-state index in [4.69, 9.17) is 11.6 Å². The van der Waals surface area contributed by atoms with Gasteiger partial charge in [-0.05, 0) is 49.2 Å². The van der Waals surface area contributed by atoms with Gasteiger partial charge in [0.1, 0.15) is 4.91 Å². The number of rotatable bonds is 5. The van der Waals surface area contributed by atoms with Crippen molar-refractivity contribution in [2.75, 3.05) is 0 Å². The average Bonchev–Trinajstić information content (AvgIpc) is 3.01. The van der Waals surface area contributed by atoms with Crippen LogP contribution in [0.1, 0.15) is 28.3 Å². The Morgan fingerprint density at radius 3 is 1.97 bits per heavy atom. The molecule has 1 unspecified atom stereocenters. The van der Waals surface area contributed by atoms with Crippen molar-refractivity contribution < 1.29 is 18.3 Å². The fraction of sp³-hybridized carbons (Fsp3) is 0.160. The summed E-state index contributed by atoms with van der Waals surface area (Å²) in [5.74, 6) is -1.47. The van der Waals surface area contributed by atoms with E-state index in [0.717, 1.165) is 16.7 Å². The summed E-state index contributed by atoms with van der Waals surface area (Å²) >= 11 is 5.97. The Bertz CT molecular complexity index is 1300. The number of aryl methyl sites for hydroxylation is 2. The van der Waals surface area contributed by atoms with Crippen molar-refractivity contribution in [2.24, 2.45) is 0 Å². The van der Waals surface area contributed by atoms with Gasteiger partial charge < -0.3 is 10.0 Å². The van der Waals surface area contributed by atoms with Gasteiger partial charge in [0.15, 0.2) is 5.76 Å². The quantitative estimate of drug-likeness (QED) is 0.553. The summed E-state index contributed by atoms with van der Waals surface area (Å²) in [5.41, 5.74) is 3.27. The SMILES string of the molecule is Cc1ccc(C2C(S(=O)(=O)c3ccc(C)cc3)=C(O)C(=O)N2Cc2ccc(Cl)cc2)cc1. The zero-order valence-electron chi connectivity index (χ0n) is 17.6. The number of hydrogen-bond donors (Lipinski definition) is 1. The zero-order valence-corrected chi connectivity index (χ0v) is 19.2. The van der Waals surface area contributed by atoms with Crippen LogP contribution in [-0.4, -0.2) is 24.3 Å². The van der Waals surface area contributed by atoms with Crippen LogP contribution in [0.4, 0.5) is 0 Å². The van der Waals surface area contributed by atoms with Crippen LogP contribution < -0.4 is 0 Å². The largest absolute Gasteiger partial charge is 0.502 e. The normalized spacial score (nSPS) is 16.7. The number of sulfone groups is 1. The first-order chi connectivity index (χ1) is 15.2. The van der Waals surface area contributed by atoms with Gasteiger partial charge in [-0.25, -0.2) is 8.42 Å². The van der Waals surface area contributed by atoms with Crippen LogP contribution in [0.15, 0.2) is 88.4 Å². The Morgan fingerprint density at radius 1 is 0.875 bits per heavy atom. The number of hydrogen-bond acceptors (Lipinski definition) is 4. The van der Waals surface area contributed by atoms with Crippen LogP contribution in [-0.2, 0) is 21.2 Å². The number of carbonyl (C=O) groups excluding carboxylic acids is 1. The highest BCUT2D eigenvalue weighted by molar-refractivity contribution is 7.95. The molecule has 4 rings (SSSR count). The van der Waals surface area contributed by atoms with Crippen molar-refractivity contribution in [3.05, 3.63) is 111 Å². The molecular formula is C25H22ClNO4S. The number of amides is 1. The highest BCUT2D eigenvalue weighted by atomic mass is 35.5. The van der Waals surface area contributed by atoms with Crippen LogP contribution in [0.2, 0.25) is 5.02 Å². The third kappa shape index (κ3) is 4.04. The van der Waals surface area contributed by atoms with Crippen LogP contribution in [0.5, 0.6) is 0 Å². The Hall–Kier alpha value is -3.09. The summed E-state index contributed by atoms with van der Waals surface area (Å²) in [6.07, 6.45) is 0. The summed E-state index contributed by atoms with van der Waals surface area (Å²) in [5, 5.41) is 11.3. The van der Waals surface area contributed by atoms with E-state index in [-0.39, 0.29) is 16.3 Å². The van der Waals surface area contributed by atoms with E-state index in [1.54, 1.807) is 48.5 Å². The predicted molar refractivity (Wildman–Crippen MR) is 124 cm³/mol. The first-order valence-electron chi connectivity index (χ1n) is 10.1. The van der Waals surface area contributed by atoms with E-state index < -0.39 is 27.5 Å². The van der Waals surface area contributed by atoms with Crippen LogP contribution in [0, 0.1) is 13.8 Å². The first-order valence-corrected chi connectivity index (χ1v) is 11.9. The topological polar surface area (TPSA) is 74.7 Å². The number of halogens is 1. The van der Waals surface area contributed by atoms with Gasteiger partial charge in [0.2, 0.25) is 9.84 Å². The molecule has 5 nitrogen and oxygen atoms in total. The minimum absolute atomic E-state index is 0.0305. The zero-order chi connectivity index (χ0) is 23.0. The van der Waals surface area contributed by atoms with Crippen LogP contribution in [0.3, 0.4) is 0 Å². The molecule has 0 bridgehead atoms. The Morgan fingerprint density at radius 2 is 1.41 bits per heavy atom. The lowest BCUT2D eigenvalue weighted by Gasteiger charge is -2.27. The highest BCUT2D eigenvalue weighted by Crippen LogP contribution is 2.43.